The first-order valence-corrected chi connectivity index (χ1v) is 8.80. The second kappa shape index (κ2) is 7.51. The number of nitriles is 1. The number of ketones is 1. The zero-order valence-electron chi connectivity index (χ0n) is 14.6. The summed E-state index contributed by atoms with van der Waals surface area (Å²) in [6, 6.07) is 6.53. The van der Waals surface area contributed by atoms with Gasteiger partial charge in [-0.3, -0.25) is 9.59 Å². The minimum Gasteiger partial charge on any atom is -0.489 e. The number of amides is 1. The number of hydrogen-bond donors (Lipinski definition) is 1. The number of ether oxygens (including phenoxy) is 2. The second-order valence-corrected chi connectivity index (χ2v) is 7.11. The van der Waals surface area contributed by atoms with Crippen LogP contribution < -0.4 is 15.2 Å². The molecular formula is C19H20F2N2O4. The molecule has 1 aromatic carbocycles. The predicted molar refractivity (Wildman–Crippen MR) is 90.1 cm³/mol. The number of nitrogens with two attached hydrogens (primary N) is 1. The van der Waals surface area contributed by atoms with Crippen LogP contribution in [0, 0.1) is 23.2 Å². The van der Waals surface area contributed by atoms with Gasteiger partial charge in [-0.05, 0) is 49.3 Å². The zero-order valence-corrected chi connectivity index (χ0v) is 14.6. The summed E-state index contributed by atoms with van der Waals surface area (Å²) < 4.78 is 35.5. The van der Waals surface area contributed by atoms with Gasteiger partial charge in [0.05, 0.1) is 24.0 Å². The highest BCUT2D eigenvalue weighted by atomic mass is 19.3. The van der Waals surface area contributed by atoms with Crippen molar-refractivity contribution < 1.29 is 27.8 Å². The Kier molecular flexibility index (Phi) is 5.31. The van der Waals surface area contributed by atoms with Gasteiger partial charge < -0.3 is 15.2 Å². The number of Topliss-reactive ketones (excluding diaryl/α,β-unsaturated/α-hetero) is 1. The van der Waals surface area contributed by atoms with E-state index in [4.69, 9.17) is 10.5 Å². The zero-order chi connectivity index (χ0) is 19.6. The molecule has 1 aromatic rings. The first-order chi connectivity index (χ1) is 12.8. The van der Waals surface area contributed by atoms with Crippen LogP contribution in [0.3, 0.4) is 0 Å². The Morgan fingerprint density at radius 3 is 2.70 bits per heavy atom. The van der Waals surface area contributed by atoms with Gasteiger partial charge in [0, 0.05) is 6.42 Å². The molecule has 1 amide bonds. The number of rotatable bonds is 7. The fourth-order valence-electron chi connectivity index (χ4n) is 3.37. The molecule has 0 heterocycles. The lowest BCUT2D eigenvalue weighted by molar-refractivity contribution is -0.134. The first kappa shape index (κ1) is 19.1. The molecule has 2 fully saturated rings. The van der Waals surface area contributed by atoms with Crippen molar-refractivity contribution in [1.82, 2.24) is 0 Å². The molecule has 27 heavy (non-hydrogen) atoms. The quantitative estimate of drug-likeness (QED) is 0.735. The van der Waals surface area contributed by atoms with Crippen LogP contribution >= 0.6 is 0 Å². The summed E-state index contributed by atoms with van der Waals surface area (Å²) in [5, 5.41) is 9.81. The second-order valence-electron chi connectivity index (χ2n) is 7.11. The van der Waals surface area contributed by atoms with Gasteiger partial charge >= 0.3 is 6.61 Å². The number of carbonyl (C=O) groups is 2. The number of alkyl halides is 2. The van der Waals surface area contributed by atoms with Crippen molar-refractivity contribution in [2.24, 2.45) is 17.6 Å². The maximum Gasteiger partial charge on any atom is 0.387 e. The summed E-state index contributed by atoms with van der Waals surface area (Å²) >= 11 is 0. The third kappa shape index (κ3) is 4.18. The normalized spacial score (nSPS) is 25.1. The van der Waals surface area contributed by atoms with E-state index < -0.39 is 23.9 Å². The molecule has 2 aliphatic carbocycles. The molecule has 0 saturated heterocycles. The number of halogens is 2. The van der Waals surface area contributed by atoms with Crippen LogP contribution in [0.25, 0.3) is 0 Å². The molecule has 144 valence electrons. The van der Waals surface area contributed by atoms with Crippen molar-refractivity contribution in [1.29, 1.82) is 5.26 Å². The average Bonchev–Trinajstić information content (AvgIpc) is 3.45. The van der Waals surface area contributed by atoms with Crippen molar-refractivity contribution in [2.75, 3.05) is 6.61 Å². The minimum absolute atomic E-state index is 0.0330. The molecule has 0 aliphatic heterocycles. The molecule has 2 saturated carbocycles. The summed E-state index contributed by atoms with van der Waals surface area (Å²) in [7, 11) is 0. The van der Waals surface area contributed by atoms with Crippen LogP contribution in [0.15, 0.2) is 18.2 Å². The summed E-state index contributed by atoms with van der Waals surface area (Å²) in [6.45, 7) is -2.62. The van der Waals surface area contributed by atoms with Gasteiger partial charge in [-0.2, -0.15) is 14.0 Å². The van der Waals surface area contributed by atoms with Crippen LogP contribution in [-0.4, -0.2) is 24.9 Å². The lowest BCUT2D eigenvalue weighted by Crippen LogP contribution is -2.42. The highest BCUT2D eigenvalue weighted by Gasteiger charge is 2.44. The third-order valence-electron chi connectivity index (χ3n) is 5.18. The van der Waals surface area contributed by atoms with Crippen LogP contribution in [0.4, 0.5) is 8.78 Å². The highest BCUT2D eigenvalue weighted by Crippen LogP contribution is 2.43. The highest BCUT2D eigenvalue weighted by molar-refractivity contribution is 6.01. The Bertz CT molecular complexity index is 788. The minimum atomic E-state index is -3.00. The van der Waals surface area contributed by atoms with Crippen molar-refractivity contribution in [3.63, 3.8) is 0 Å². The van der Waals surface area contributed by atoms with E-state index in [1.54, 1.807) is 0 Å². The van der Waals surface area contributed by atoms with Crippen LogP contribution in [0.1, 0.15) is 37.7 Å². The van der Waals surface area contributed by atoms with E-state index in [-0.39, 0.29) is 36.5 Å². The van der Waals surface area contributed by atoms with Crippen molar-refractivity contribution in [3.05, 3.63) is 23.8 Å². The van der Waals surface area contributed by atoms with Crippen LogP contribution in [-0.2, 0) is 15.0 Å². The monoisotopic (exact) mass is 378 g/mol. The molecular weight excluding hydrogens is 358 g/mol. The predicted octanol–water partition coefficient (Wildman–Crippen LogP) is 2.69. The van der Waals surface area contributed by atoms with Crippen molar-refractivity contribution in [2.45, 2.75) is 44.1 Å². The maximum atomic E-state index is 12.7. The van der Waals surface area contributed by atoms with Gasteiger partial charge in [-0.15, -0.1) is 0 Å². The van der Waals surface area contributed by atoms with Gasteiger partial charge in [0.1, 0.15) is 5.78 Å². The number of hydrogen-bond acceptors (Lipinski definition) is 5. The molecule has 6 nitrogen and oxygen atoms in total. The Morgan fingerprint density at radius 2 is 2.11 bits per heavy atom. The Balaban J connectivity index is 1.93. The Labute approximate surface area is 155 Å². The lowest BCUT2D eigenvalue weighted by Gasteiger charge is -2.34. The van der Waals surface area contributed by atoms with Crippen LogP contribution in [0.2, 0.25) is 0 Å². The fraction of sp³-hybridized carbons (Fsp3) is 0.526. The van der Waals surface area contributed by atoms with E-state index in [2.05, 4.69) is 10.8 Å². The number of primary amides is 1. The smallest absolute Gasteiger partial charge is 0.387 e. The fourth-order valence-corrected chi connectivity index (χ4v) is 3.37. The number of nitrogens with zero attached hydrogens (tertiary/aromatic N) is 1. The lowest BCUT2D eigenvalue weighted by atomic mass is 9.66. The number of benzene rings is 1. The number of carbonyl (C=O) groups excluding carboxylic acids is 2. The van der Waals surface area contributed by atoms with E-state index in [0.29, 0.717) is 18.1 Å². The molecule has 0 aromatic heterocycles. The molecule has 2 aliphatic rings. The summed E-state index contributed by atoms with van der Waals surface area (Å²) in [5.41, 5.74) is 4.69. The first-order valence-electron chi connectivity index (χ1n) is 8.80. The summed E-state index contributed by atoms with van der Waals surface area (Å²) in [4.78, 5) is 23.5. The van der Waals surface area contributed by atoms with Gasteiger partial charge in [-0.1, -0.05) is 6.07 Å². The van der Waals surface area contributed by atoms with Gasteiger partial charge in [0.25, 0.3) is 0 Å². The summed E-state index contributed by atoms with van der Waals surface area (Å²) in [6.07, 6.45) is 2.29. The molecule has 0 bridgehead atoms. The van der Waals surface area contributed by atoms with Crippen molar-refractivity contribution >= 4 is 11.7 Å². The third-order valence-corrected chi connectivity index (χ3v) is 5.18. The van der Waals surface area contributed by atoms with E-state index in [9.17, 15) is 23.6 Å². The molecule has 3 rings (SSSR count). The van der Waals surface area contributed by atoms with E-state index in [0.717, 1.165) is 12.8 Å². The molecule has 0 spiro atoms. The average molecular weight is 378 g/mol. The van der Waals surface area contributed by atoms with Gasteiger partial charge in [0.2, 0.25) is 5.91 Å². The Morgan fingerprint density at radius 1 is 1.37 bits per heavy atom. The van der Waals surface area contributed by atoms with Gasteiger partial charge in [0.15, 0.2) is 11.5 Å². The SMILES string of the molecule is N#CC1(c2ccc(OC(F)F)c(OCC3CC3)c2)CCC(=O)C(C(N)=O)C1. The van der Waals surface area contributed by atoms with E-state index in [1.165, 1.54) is 18.2 Å². The van der Waals surface area contributed by atoms with E-state index >= 15 is 0 Å². The topological polar surface area (TPSA) is 102 Å². The molecule has 2 N–H and O–H groups in total. The van der Waals surface area contributed by atoms with Crippen molar-refractivity contribution in [3.8, 4) is 17.6 Å². The molecule has 8 heteroatoms. The molecule has 0 radical (unpaired) electrons. The largest absolute Gasteiger partial charge is 0.489 e. The standard InChI is InChI=1S/C19H20F2N2O4/c20-18(21)27-15-4-3-12(7-16(15)26-9-11-1-2-11)19(10-22)6-5-14(24)13(8-19)17(23)25/h3-4,7,11,13,18H,1-2,5-6,8-9H2,(H2,23,25). The Hall–Kier alpha value is -2.69. The molecule has 2 unspecified atom stereocenters. The molecule has 2 atom stereocenters. The van der Waals surface area contributed by atoms with Crippen LogP contribution in [0.5, 0.6) is 11.5 Å². The maximum absolute atomic E-state index is 12.7. The van der Waals surface area contributed by atoms with Gasteiger partial charge in [-0.25, -0.2) is 0 Å². The van der Waals surface area contributed by atoms with E-state index in [1.807, 2.05) is 0 Å². The summed E-state index contributed by atoms with van der Waals surface area (Å²) in [5.74, 6) is -1.67.